The van der Waals surface area contributed by atoms with Gasteiger partial charge < -0.3 is 14.8 Å². The minimum Gasteiger partial charge on any atom is -0.494 e. The molecule has 0 amide bonds. The van der Waals surface area contributed by atoms with E-state index in [0.717, 1.165) is 36.8 Å². The molecule has 3 nitrogen and oxygen atoms in total. The van der Waals surface area contributed by atoms with E-state index in [0.29, 0.717) is 0 Å². The van der Waals surface area contributed by atoms with Crippen LogP contribution in [0.3, 0.4) is 0 Å². The highest BCUT2D eigenvalue weighted by Crippen LogP contribution is 2.24. The highest BCUT2D eigenvalue weighted by Gasteiger charge is 2.13. The van der Waals surface area contributed by atoms with Crippen LogP contribution in [0.5, 0.6) is 11.5 Å². The van der Waals surface area contributed by atoms with E-state index in [-0.39, 0.29) is 11.5 Å². The largest absolute Gasteiger partial charge is 0.494 e. The zero-order chi connectivity index (χ0) is 18.3. The number of nitrogens with one attached hydrogen (secondary N) is 1. The summed E-state index contributed by atoms with van der Waals surface area (Å²) in [6.07, 6.45) is 1.08. The van der Waals surface area contributed by atoms with Crippen molar-refractivity contribution in [1.82, 2.24) is 0 Å². The maximum absolute atomic E-state index is 6.01. The minimum absolute atomic E-state index is 0.0701. The predicted molar refractivity (Wildman–Crippen MR) is 106 cm³/mol. The Balaban J connectivity index is 1.85. The Hall–Kier alpha value is -2.16. The number of rotatable bonds is 8. The normalized spacial score (nSPS) is 12.5. The molecule has 3 heteroatoms. The molecule has 0 spiro atoms. The molecular weight excluding hydrogens is 310 g/mol. The molecule has 2 aromatic carbocycles. The van der Waals surface area contributed by atoms with Crippen LogP contribution in [0.15, 0.2) is 48.5 Å². The summed E-state index contributed by atoms with van der Waals surface area (Å²) in [6, 6.07) is 16.5. The number of benzene rings is 2. The van der Waals surface area contributed by atoms with Crippen molar-refractivity contribution >= 4 is 5.69 Å². The van der Waals surface area contributed by atoms with Gasteiger partial charge in [-0.25, -0.2) is 0 Å². The van der Waals surface area contributed by atoms with E-state index < -0.39 is 0 Å². The standard InChI is InChI=1S/C22H31NO2/c1-6-14-24-21-9-7-8-19(15-21)23-16-17(2)25-20-12-10-18(11-13-20)22(3,4)5/h7-13,15,17,23H,6,14,16H2,1-5H3. The zero-order valence-corrected chi connectivity index (χ0v) is 16.1. The van der Waals surface area contributed by atoms with Gasteiger partial charge in [-0.3, -0.25) is 0 Å². The van der Waals surface area contributed by atoms with Gasteiger partial charge in [0, 0.05) is 11.8 Å². The van der Waals surface area contributed by atoms with Gasteiger partial charge in [0.1, 0.15) is 17.6 Å². The van der Waals surface area contributed by atoms with Crippen LogP contribution >= 0.6 is 0 Å². The van der Waals surface area contributed by atoms with Crippen molar-refractivity contribution in [2.45, 2.75) is 52.6 Å². The van der Waals surface area contributed by atoms with Crippen molar-refractivity contribution in [2.75, 3.05) is 18.5 Å². The van der Waals surface area contributed by atoms with Gasteiger partial charge in [0.15, 0.2) is 0 Å². The smallest absolute Gasteiger partial charge is 0.121 e. The Morgan fingerprint density at radius 2 is 1.72 bits per heavy atom. The van der Waals surface area contributed by atoms with Gasteiger partial charge in [-0.15, -0.1) is 0 Å². The quantitative estimate of drug-likeness (QED) is 0.673. The first kappa shape index (κ1) is 19.2. The van der Waals surface area contributed by atoms with E-state index in [9.17, 15) is 0 Å². The lowest BCUT2D eigenvalue weighted by atomic mass is 9.87. The Morgan fingerprint density at radius 3 is 2.36 bits per heavy atom. The topological polar surface area (TPSA) is 30.5 Å². The summed E-state index contributed by atoms with van der Waals surface area (Å²) >= 11 is 0. The van der Waals surface area contributed by atoms with E-state index in [1.807, 2.05) is 24.3 Å². The third kappa shape index (κ3) is 6.33. The van der Waals surface area contributed by atoms with Crippen molar-refractivity contribution in [3.05, 3.63) is 54.1 Å². The van der Waals surface area contributed by atoms with Crippen molar-refractivity contribution < 1.29 is 9.47 Å². The second kappa shape index (κ2) is 8.80. The zero-order valence-electron chi connectivity index (χ0n) is 16.1. The molecule has 0 aliphatic carbocycles. The number of ether oxygens (including phenoxy) is 2. The summed E-state index contributed by atoms with van der Waals surface area (Å²) in [7, 11) is 0. The highest BCUT2D eigenvalue weighted by molar-refractivity contribution is 5.48. The number of hydrogen-bond acceptors (Lipinski definition) is 3. The molecule has 1 N–H and O–H groups in total. The predicted octanol–water partition coefficient (Wildman–Crippen LogP) is 5.65. The monoisotopic (exact) mass is 341 g/mol. The van der Waals surface area contributed by atoms with E-state index in [4.69, 9.17) is 9.47 Å². The fourth-order valence-electron chi connectivity index (χ4n) is 2.48. The summed E-state index contributed by atoms with van der Waals surface area (Å²) in [4.78, 5) is 0. The maximum Gasteiger partial charge on any atom is 0.121 e. The highest BCUT2D eigenvalue weighted by atomic mass is 16.5. The fourth-order valence-corrected chi connectivity index (χ4v) is 2.48. The fraction of sp³-hybridized carbons (Fsp3) is 0.455. The van der Waals surface area contributed by atoms with E-state index in [1.54, 1.807) is 0 Å². The summed E-state index contributed by atoms with van der Waals surface area (Å²) in [5.74, 6) is 1.81. The molecule has 0 aliphatic rings. The molecular formula is C22H31NO2. The van der Waals surface area contributed by atoms with Gasteiger partial charge in [0.05, 0.1) is 13.2 Å². The SMILES string of the molecule is CCCOc1cccc(NCC(C)Oc2ccc(C(C)(C)C)cc2)c1. The molecule has 1 atom stereocenters. The van der Waals surface area contributed by atoms with Crippen LogP contribution in [0, 0.1) is 0 Å². The molecule has 0 fully saturated rings. The second-order valence-corrected chi connectivity index (χ2v) is 7.46. The molecule has 0 heterocycles. The summed E-state index contributed by atoms with van der Waals surface area (Å²) in [5, 5.41) is 3.41. The molecule has 0 bridgehead atoms. The third-order valence-electron chi connectivity index (χ3n) is 3.96. The summed E-state index contributed by atoms with van der Waals surface area (Å²) in [5.41, 5.74) is 2.53. The van der Waals surface area contributed by atoms with Gasteiger partial charge in [-0.2, -0.15) is 0 Å². The van der Waals surface area contributed by atoms with Crippen molar-refractivity contribution in [3.63, 3.8) is 0 Å². The van der Waals surface area contributed by atoms with Gasteiger partial charge in [-0.05, 0) is 48.6 Å². The van der Waals surface area contributed by atoms with E-state index >= 15 is 0 Å². The molecule has 25 heavy (non-hydrogen) atoms. The molecule has 0 aromatic heterocycles. The molecule has 2 rings (SSSR count). The first-order valence-corrected chi connectivity index (χ1v) is 9.12. The lowest BCUT2D eigenvalue weighted by Gasteiger charge is -2.20. The van der Waals surface area contributed by atoms with Gasteiger partial charge in [0.2, 0.25) is 0 Å². The molecule has 0 saturated heterocycles. The van der Waals surface area contributed by atoms with Crippen LogP contribution in [0.25, 0.3) is 0 Å². The molecule has 2 aromatic rings. The first-order valence-electron chi connectivity index (χ1n) is 9.12. The average Bonchev–Trinajstić information content (AvgIpc) is 2.58. The van der Waals surface area contributed by atoms with Crippen LogP contribution in [0.1, 0.15) is 46.6 Å². The Bertz CT molecular complexity index is 644. The molecule has 0 aliphatic heterocycles. The van der Waals surface area contributed by atoms with E-state index in [2.05, 4.69) is 64.2 Å². The van der Waals surface area contributed by atoms with E-state index in [1.165, 1.54) is 5.56 Å². The number of hydrogen-bond donors (Lipinski definition) is 1. The number of anilines is 1. The van der Waals surface area contributed by atoms with Crippen LogP contribution in [0.2, 0.25) is 0 Å². The Labute approximate surface area is 152 Å². The molecule has 0 radical (unpaired) electrons. The Morgan fingerprint density at radius 1 is 1.00 bits per heavy atom. The maximum atomic E-state index is 6.01. The van der Waals surface area contributed by atoms with Crippen LogP contribution in [-0.2, 0) is 5.41 Å². The van der Waals surface area contributed by atoms with Crippen molar-refractivity contribution in [1.29, 1.82) is 0 Å². The van der Waals surface area contributed by atoms with Crippen molar-refractivity contribution in [2.24, 2.45) is 0 Å². The van der Waals surface area contributed by atoms with Gasteiger partial charge in [0.25, 0.3) is 0 Å². The minimum atomic E-state index is 0.0701. The third-order valence-corrected chi connectivity index (χ3v) is 3.96. The van der Waals surface area contributed by atoms with Crippen LogP contribution < -0.4 is 14.8 Å². The van der Waals surface area contributed by atoms with Gasteiger partial charge >= 0.3 is 0 Å². The molecule has 136 valence electrons. The van der Waals surface area contributed by atoms with Gasteiger partial charge in [-0.1, -0.05) is 45.9 Å². The van der Waals surface area contributed by atoms with Crippen molar-refractivity contribution in [3.8, 4) is 11.5 Å². The first-order chi connectivity index (χ1) is 11.9. The average molecular weight is 341 g/mol. The van der Waals surface area contributed by atoms with Crippen LogP contribution in [0.4, 0.5) is 5.69 Å². The Kier molecular flexibility index (Phi) is 6.74. The molecule has 1 unspecified atom stereocenters. The second-order valence-electron chi connectivity index (χ2n) is 7.46. The summed E-state index contributed by atoms with van der Waals surface area (Å²) < 4.78 is 11.7. The molecule has 0 saturated carbocycles. The lowest BCUT2D eigenvalue weighted by Crippen LogP contribution is -2.22. The summed E-state index contributed by atoms with van der Waals surface area (Å²) in [6.45, 7) is 12.3. The lowest BCUT2D eigenvalue weighted by molar-refractivity contribution is 0.234. The van der Waals surface area contributed by atoms with Crippen LogP contribution in [-0.4, -0.2) is 19.3 Å².